The van der Waals surface area contributed by atoms with Crippen molar-refractivity contribution in [2.45, 2.75) is 26.5 Å². The Morgan fingerprint density at radius 2 is 0.808 bits per heavy atom. The predicted octanol–water partition coefficient (Wildman–Crippen LogP) is 3.24. The summed E-state index contributed by atoms with van der Waals surface area (Å²) in [5, 5.41) is 0. The van der Waals surface area contributed by atoms with E-state index in [9.17, 15) is 16.8 Å². The van der Waals surface area contributed by atoms with Crippen molar-refractivity contribution in [2.75, 3.05) is 5.73 Å². The maximum Gasteiger partial charge on any atom is 0.206 e. The first-order valence-electron chi connectivity index (χ1n) is 7.74. The third-order valence-electron chi connectivity index (χ3n) is 3.97. The predicted molar refractivity (Wildman–Crippen MR) is 99.4 cm³/mol. The molecule has 0 amide bonds. The van der Waals surface area contributed by atoms with Crippen LogP contribution in [0.5, 0.6) is 0 Å². The molecular weight excluding hydrogens is 370 g/mol. The molecule has 26 heavy (non-hydrogen) atoms. The Morgan fingerprint density at radius 1 is 0.538 bits per heavy atom. The Morgan fingerprint density at radius 3 is 1.15 bits per heavy atom. The average Bonchev–Trinajstić information content (AvgIpc) is 2.62. The van der Waals surface area contributed by atoms with Gasteiger partial charge in [-0.3, -0.25) is 0 Å². The quantitative estimate of drug-likeness (QED) is 0.694. The molecule has 0 aliphatic heterocycles. The Hall–Kier alpha value is -2.64. The number of hydrogen-bond donors (Lipinski definition) is 1. The number of nitrogen functional groups attached to an aromatic ring is 1. The molecule has 0 bridgehead atoms. The first-order chi connectivity index (χ1) is 12.2. The molecule has 0 aliphatic carbocycles. The van der Waals surface area contributed by atoms with E-state index in [0.29, 0.717) is 5.69 Å². The van der Waals surface area contributed by atoms with Gasteiger partial charge in [0.15, 0.2) is 0 Å². The van der Waals surface area contributed by atoms with Gasteiger partial charge in [-0.1, -0.05) is 17.7 Å². The van der Waals surface area contributed by atoms with E-state index in [1.54, 1.807) is 12.1 Å². The zero-order valence-electron chi connectivity index (χ0n) is 14.0. The molecule has 0 fully saturated rings. The van der Waals surface area contributed by atoms with Gasteiger partial charge in [0, 0.05) is 5.69 Å². The highest BCUT2D eigenvalue weighted by Crippen LogP contribution is 2.26. The second-order valence-electron chi connectivity index (χ2n) is 5.86. The van der Waals surface area contributed by atoms with Crippen LogP contribution in [0.15, 0.2) is 92.4 Å². The van der Waals surface area contributed by atoms with E-state index in [1.807, 2.05) is 6.92 Å². The maximum absolute atomic E-state index is 12.7. The van der Waals surface area contributed by atoms with Crippen LogP contribution in [-0.4, -0.2) is 16.8 Å². The monoisotopic (exact) mass is 387 g/mol. The van der Waals surface area contributed by atoms with Gasteiger partial charge in [-0.2, -0.15) is 0 Å². The average molecular weight is 387 g/mol. The molecule has 3 rings (SSSR count). The minimum Gasteiger partial charge on any atom is -0.399 e. The molecule has 0 aromatic heterocycles. The van der Waals surface area contributed by atoms with Crippen LogP contribution in [0.25, 0.3) is 0 Å². The fourth-order valence-electron chi connectivity index (χ4n) is 2.43. The van der Waals surface area contributed by atoms with Gasteiger partial charge in [0.1, 0.15) is 0 Å². The zero-order chi connectivity index (χ0) is 18.9. The molecule has 0 saturated heterocycles. The first-order valence-corrected chi connectivity index (χ1v) is 10.7. The molecule has 134 valence electrons. The molecule has 7 heteroatoms. The fourth-order valence-corrected chi connectivity index (χ4v) is 4.96. The van der Waals surface area contributed by atoms with Gasteiger partial charge in [-0.05, 0) is 67.6 Å². The van der Waals surface area contributed by atoms with Crippen LogP contribution >= 0.6 is 0 Å². The lowest BCUT2D eigenvalue weighted by Gasteiger charge is -2.08. The van der Waals surface area contributed by atoms with E-state index in [2.05, 4.69) is 0 Å². The normalized spacial score (nSPS) is 12.0. The lowest BCUT2D eigenvalue weighted by Crippen LogP contribution is -2.05. The summed E-state index contributed by atoms with van der Waals surface area (Å²) in [7, 11) is -7.44. The second kappa shape index (κ2) is 6.59. The van der Waals surface area contributed by atoms with Crippen LogP contribution < -0.4 is 5.73 Å². The molecule has 0 heterocycles. The standard InChI is InChI=1S/C19H17NO4S2/c1-14-2-6-16(7-3-14)25(21,22)18-10-12-19(13-11-18)26(23,24)17-8-4-15(20)5-9-17/h2-13H,20H2,1H3. The van der Waals surface area contributed by atoms with Crippen molar-refractivity contribution in [3.8, 4) is 0 Å². The molecule has 0 aliphatic rings. The van der Waals surface area contributed by atoms with Crippen molar-refractivity contribution < 1.29 is 16.8 Å². The largest absolute Gasteiger partial charge is 0.399 e. The Labute approximate surface area is 153 Å². The van der Waals surface area contributed by atoms with E-state index in [0.717, 1.165) is 5.56 Å². The minimum atomic E-state index is -3.74. The zero-order valence-corrected chi connectivity index (χ0v) is 15.6. The molecule has 3 aromatic rings. The summed E-state index contributed by atoms with van der Waals surface area (Å²) in [4.78, 5) is 0.320. The molecule has 0 spiro atoms. The third-order valence-corrected chi connectivity index (χ3v) is 7.54. The van der Waals surface area contributed by atoms with Gasteiger partial charge in [-0.15, -0.1) is 0 Å². The number of nitrogens with two attached hydrogens (primary N) is 1. The van der Waals surface area contributed by atoms with Gasteiger partial charge < -0.3 is 5.73 Å². The summed E-state index contributed by atoms with van der Waals surface area (Å²) in [6, 6.07) is 17.5. The minimum absolute atomic E-state index is 0.0186. The first kappa shape index (κ1) is 18.2. The van der Waals surface area contributed by atoms with Crippen molar-refractivity contribution in [1.82, 2.24) is 0 Å². The van der Waals surface area contributed by atoms with E-state index in [4.69, 9.17) is 5.73 Å². The van der Waals surface area contributed by atoms with E-state index in [-0.39, 0.29) is 19.6 Å². The molecule has 0 atom stereocenters. The molecule has 2 N–H and O–H groups in total. The highest BCUT2D eigenvalue weighted by molar-refractivity contribution is 7.92. The van der Waals surface area contributed by atoms with Crippen molar-refractivity contribution in [1.29, 1.82) is 0 Å². The lowest BCUT2D eigenvalue weighted by atomic mass is 10.2. The van der Waals surface area contributed by atoms with Crippen molar-refractivity contribution in [3.63, 3.8) is 0 Å². The highest BCUT2D eigenvalue weighted by Gasteiger charge is 2.21. The molecule has 5 nitrogen and oxygen atoms in total. The van der Waals surface area contributed by atoms with Gasteiger partial charge in [0.05, 0.1) is 19.6 Å². The van der Waals surface area contributed by atoms with Crippen LogP contribution in [0.3, 0.4) is 0 Å². The number of benzene rings is 3. The van der Waals surface area contributed by atoms with E-state index >= 15 is 0 Å². The number of aryl methyl sites for hydroxylation is 1. The van der Waals surface area contributed by atoms with E-state index in [1.165, 1.54) is 60.7 Å². The highest BCUT2D eigenvalue weighted by atomic mass is 32.2. The molecular formula is C19H17NO4S2. The summed E-state index contributed by atoms with van der Waals surface area (Å²) in [5.74, 6) is 0. The van der Waals surface area contributed by atoms with Crippen molar-refractivity contribution in [3.05, 3.63) is 78.4 Å². The summed E-state index contributed by atoms with van der Waals surface area (Å²) in [6.07, 6.45) is 0. The second-order valence-corrected chi connectivity index (χ2v) is 9.76. The summed E-state index contributed by atoms with van der Waals surface area (Å²) in [5.41, 5.74) is 6.99. The number of rotatable bonds is 4. The summed E-state index contributed by atoms with van der Waals surface area (Å²) >= 11 is 0. The number of anilines is 1. The van der Waals surface area contributed by atoms with Crippen molar-refractivity contribution >= 4 is 25.4 Å². The molecule has 3 aromatic carbocycles. The maximum atomic E-state index is 12.7. The smallest absolute Gasteiger partial charge is 0.206 e. The SMILES string of the molecule is Cc1ccc(S(=O)(=O)c2ccc(S(=O)(=O)c3ccc(N)cc3)cc2)cc1. The fraction of sp³-hybridized carbons (Fsp3) is 0.0526. The topological polar surface area (TPSA) is 94.3 Å². The third kappa shape index (κ3) is 3.36. The van der Waals surface area contributed by atoms with Gasteiger partial charge >= 0.3 is 0 Å². The summed E-state index contributed by atoms with van der Waals surface area (Å²) in [6.45, 7) is 1.87. The molecule has 0 saturated carbocycles. The van der Waals surface area contributed by atoms with Gasteiger partial charge in [0.2, 0.25) is 19.7 Å². The number of hydrogen-bond acceptors (Lipinski definition) is 5. The van der Waals surface area contributed by atoms with Gasteiger partial charge in [-0.25, -0.2) is 16.8 Å². The van der Waals surface area contributed by atoms with Crippen LogP contribution in [0.2, 0.25) is 0 Å². The lowest BCUT2D eigenvalue weighted by molar-refractivity contribution is 0.592. The van der Waals surface area contributed by atoms with Crippen LogP contribution in [0, 0.1) is 6.92 Å². The Balaban J connectivity index is 1.98. The Bertz CT molecular complexity index is 1040. The van der Waals surface area contributed by atoms with Crippen LogP contribution in [0.4, 0.5) is 5.69 Å². The van der Waals surface area contributed by atoms with Crippen LogP contribution in [-0.2, 0) is 19.7 Å². The van der Waals surface area contributed by atoms with Gasteiger partial charge in [0.25, 0.3) is 0 Å². The molecule has 0 unspecified atom stereocenters. The Kier molecular flexibility index (Phi) is 4.60. The van der Waals surface area contributed by atoms with Crippen LogP contribution in [0.1, 0.15) is 5.56 Å². The van der Waals surface area contributed by atoms with E-state index < -0.39 is 19.7 Å². The summed E-state index contributed by atoms with van der Waals surface area (Å²) < 4.78 is 50.5. The number of sulfone groups is 2. The molecule has 0 radical (unpaired) electrons. The van der Waals surface area contributed by atoms with Crippen molar-refractivity contribution in [2.24, 2.45) is 0 Å².